The van der Waals surface area contributed by atoms with Gasteiger partial charge in [0.05, 0.1) is 11.1 Å². The van der Waals surface area contributed by atoms with Crippen LogP contribution in [0.15, 0.2) is 42.7 Å². The number of aromatic nitrogens is 1. The first kappa shape index (κ1) is 22.4. The SMILES string of the molecule is O=C1CCC(N2C(=O)c3ccc(CN(Cc4cccnc4)CC4CCNC4)cc3C2=O)C(=O)N1. The van der Waals surface area contributed by atoms with Crippen molar-refractivity contribution in [3.8, 4) is 0 Å². The van der Waals surface area contributed by atoms with Crippen molar-refractivity contribution in [2.75, 3.05) is 19.6 Å². The molecular formula is C25H27N5O4. The highest BCUT2D eigenvalue weighted by Crippen LogP contribution is 2.29. The Kier molecular flexibility index (Phi) is 6.21. The average Bonchev–Trinajstić information content (AvgIpc) is 3.41. The summed E-state index contributed by atoms with van der Waals surface area (Å²) in [5.74, 6) is -1.39. The van der Waals surface area contributed by atoms with Crippen LogP contribution in [0.4, 0.5) is 0 Å². The van der Waals surface area contributed by atoms with Crippen LogP contribution in [0, 0.1) is 5.92 Å². The van der Waals surface area contributed by atoms with Gasteiger partial charge in [0.15, 0.2) is 0 Å². The van der Waals surface area contributed by atoms with Crippen LogP contribution >= 0.6 is 0 Å². The van der Waals surface area contributed by atoms with Gasteiger partial charge in [-0.3, -0.25) is 39.3 Å². The lowest BCUT2D eigenvalue weighted by atomic mass is 10.0. The molecule has 2 N–H and O–H groups in total. The molecule has 2 fully saturated rings. The molecule has 2 atom stereocenters. The highest BCUT2D eigenvalue weighted by molar-refractivity contribution is 6.23. The van der Waals surface area contributed by atoms with Gasteiger partial charge in [-0.15, -0.1) is 0 Å². The summed E-state index contributed by atoms with van der Waals surface area (Å²) in [6.45, 7) is 4.28. The smallest absolute Gasteiger partial charge is 0.262 e. The van der Waals surface area contributed by atoms with E-state index in [-0.39, 0.29) is 18.7 Å². The Hall–Kier alpha value is -3.43. The number of hydrogen-bond donors (Lipinski definition) is 2. The molecule has 4 amide bonds. The van der Waals surface area contributed by atoms with E-state index in [1.165, 1.54) is 0 Å². The Morgan fingerprint density at radius 1 is 1.00 bits per heavy atom. The van der Waals surface area contributed by atoms with Crippen molar-refractivity contribution in [3.63, 3.8) is 0 Å². The van der Waals surface area contributed by atoms with Gasteiger partial charge in [0, 0.05) is 38.4 Å². The largest absolute Gasteiger partial charge is 0.316 e. The molecule has 2 aromatic rings. The van der Waals surface area contributed by atoms with Crippen LogP contribution < -0.4 is 10.6 Å². The van der Waals surface area contributed by atoms with E-state index in [1.807, 2.05) is 18.3 Å². The number of benzene rings is 1. The molecule has 2 unspecified atom stereocenters. The summed E-state index contributed by atoms with van der Waals surface area (Å²) >= 11 is 0. The third-order valence-electron chi connectivity index (χ3n) is 6.72. The van der Waals surface area contributed by atoms with Crippen LogP contribution in [-0.2, 0) is 22.7 Å². The predicted molar refractivity (Wildman–Crippen MR) is 122 cm³/mol. The predicted octanol–water partition coefficient (Wildman–Crippen LogP) is 1.09. The summed E-state index contributed by atoms with van der Waals surface area (Å²) in [6, 6.07) is 8.34. The quantitative estimate of drug-likeness (QED) is 0.594. The first-order valence-corrected chi connectivity index (χ1v) is 11.7. The molecule has 3 aliphatic heterocycles. The van der Waals surface area contributed by atoms with Gasteiger partial charge in [0.2, 0.25) is 11.8 Å². The Labute approximate surface area is 197 Å². The van der Waals surface area contributed by atoms with Crippen LogP contribution in [0.3, 0.4) is 0 Å². The normalized spacial score (nSPS) is 22.4. The fourth-order valence-electron chi connectivity index (χ4n) is 5.04. The maximum absolute atomic E-state index is 13.2. The fourth-order valence-corrected chi connectivity index (χ4v) is 5.04. The monoisotopic (exact) mass is 461 g/mol. The van der Waals surface area contributed by atoms with Gasteiger partial charge >= 0.3 is 0 Å². The summed E-state index contributed by atoms with van der Waals surface area (Å²) in [7, 11) is 0. The minimum atomic E-state index is -0.953. The highest BCUT2D eigenvalue weighted by atomic mass is 16.2. The average molecular weight is 462 g/mol. The number of piperidine rings is 1. The molecular weight excluding hydrogens is 434 g/mol. The van der Waals surface area contributed by atoms with Gasteiger partial charge in [-0.1, -0.05) is 12.1 Å². The van der Waals surface area contributed by atoms with Crippen molar-refractivity contribution in [2.45, 2.75) is 38.4 Å². The number of rotatable bonds is 7. The number of carbonyl (C=O) groups is 4. The molecule has 9 heteroatoms. The van der Waals surface area contributed by atoms with E-state index < -0.39 is 23.8 Å². The summed E-state index contributed by atoms with van der Waals surface area (Å²) in [4.78, 5) is 57.5. The Balaban J connectivity index is 1.35. The lowest BCUT2D eigenvalue weighted by Crippen LogP contribution is -2.54. The molecule has 4 heterocycles. The van der Waals surface area contributed by atoms with E-state index in [2.05, 4.69) is 26.6 Å². The van der Waals surface area contributed by atoms with Crippen molar-refractivity contribution in [1.29, 1.82) is 0 Å². The number of carbonyl (C=O) groups excluding carboxylic acids is 4. The standard InChI is InChI=1S/C25H27N5O4/c31-22-6-5-21(23(32)28-22)30-24(33)19-4-3-16(10-20(19)25(30)34)13-29(15-18-7-9-27-12-18)14-17-2-1-8-26-11-17/h1-4,8,10-11,18,21,27H,5-7,9,12-15H2,(H,28,31,32). The molecule has 2 saturated heterocycles. The minimum absolute atomic E-state index is 0.106. The zero-order valence-corrected chi connectivity index (χ0v) is 18.8. The number of nitrogens with zero attached hydrogens (tertiary/aromatic N) is 3. The van der Waals surface area contributed by atoms with E-state index in [4.69, 9.17) is 0 Å². The molecule has 176 valence electrons. The van der Waals surface area contributed by atoms with Gasteiger partial charge in [0.25, 0.3) is 11.8 Å². The third-order valence-corrected chi connectivity index (χ3v) is 6.72. The number of amides is 4. The maximum Gasteiger partial charge on any atom is 0.262 e. The number of fused-ring (bicyclic) bond motifs is 1. The van der Waals surface area contributed by atoms with Crippen molar-refractivity contribution >= 4 is 23.6 Å². The fraction of sp³-hybridized carbons (Fsp3) is 0.400. The molecule has 0 bridgehead atoms. The van der Waals surface area contributed by atoms with E-state index in [9.17, 15) is 19.2 Å². The maximum atomic E-state index is 13.2. The van der Waals surface area contributed by atoms with Crippen LogP contribution in [0.1, 0.15) is 51.1 Å². The molecule has 5 rings (SSSR count). The summed E-state index contributed by atoms with van der Waals surface area (Å²) in [5.41, 5.74) is 2.66. The zero-order valence-electron chi connectivity index (χ0n) is 18.8. The minimum Gasteiger partial charge on any atom is -0.316 e. The summed E-state index contributed by atoms with van der Waals surface area (Å²) < 4.78 is 0. The molecule has 0 radical (unpaired) electrons. The lowest BCUT2D eigenvalue weighted by Gasteiger charge is -2.27. The number of pyridine rings is 1. The second-order valence-electron chi connectivity index (χ2n) is 9.22. The van der Waals surface area contributed by atoms with Crippen molar-refractivity contribution < 1.29 is 19.2 Å². The summed E-state index contributed by atoms with van der Waals surface area (Å²) in [5, 5.41) is 5.64. The van der Waals surface area contributed by atoms with Crippen molar-refractivity contribution in [1.82, 2.24) is 25.4 Å². The topological polar surface area (TPSA) is 112 Å². The Morgan fingerprint density at radius 2 is 1.82 bits per heavy atom. The second kappa shape index (κ2) is 9.44. The van der Waals surface area contributed by atoms with Gasteiger partial charge in [0.1, 0.15) is 6.04 Å². The van der Waals surface area contributed by atoms with E-state index in [0.717, 1.165) is 48.6 Å². The van der Waals surface area contributed by atoms with Gasteiger partial charge in [-0.25, -0.2) is 0 Å². The van der Waals surface area contributed by atoms with Crippen LogP contribution in [0.5, 0.6) is 0 Å². The molecule has 34 heavy (non-hydrogen) atoms. The third kappa shape index (κ3) is 4.49. The molecule has 0 spiro atoms. The second-order valence-corrected chi connectivity index (χ2v) is 9.22. The van der Waals surface area contributed by atoms with E-state index in [0.29, 0.717) is 23.6 Å². The highest BCUT2D eigenvalue weighted by Gasteiger charge is 2.44. The molecule has 0 saturated carbocycles. The summed E-state index contributed by atoms with van der Waals surface area (Å²) in [6.07, 6.45) is 5.00. The Bertz CT molecular complexity index is 1130. The van der Waals surface area contributed by atoms with Gasteiger partial charge < -0.3 is 5.32 Å². The van der Waals surface area contributed by atoms with Crippen LogP contribution in [-0.4, -0.2) is 64.1 Å². The zero-order chi connectivity index (χ0) is 23.7. The van der Waals surface area contributed by atoms with Crippen molar-refractivity contribution in [2.24, 2.45) is 5.92 Å². The number of hydrogen-bond acceptors (Lipinski definition) is 7. The molecule has 3 aliphatic rings. The lowest BCUT2D eigenvalue weighted by molar-refractivity contribution is -0.136. The van der Waals surface area contributed by atoms with E-state index in [1.54, 1.807) is 18.3 Å². The first-order valence-electron chi connectivity index (χ1n) is 11.7. The van der Waals surface area contributed by atoms with Gasteiger partial charge in [-0.05, 0) is 61.2 Å². The van der Waals surface area contributed by atoms with Crippen LogP contribution in [0.2, 0.25) is 0 Å². The number of imide groups is 2. The van der Waals surface area contributed by atoms with Crippen molar-refractivity contribution in [3.05, 3.63) is 65.0 Å². The molecule has 9 nitrogen and oxygen atoms in total. The van der Waals surface area contributed by atoms with Gasteiger partial charge in [-0.2, -0.15) is 0 Å². The molecule has 0 aliphatic carbocycles. The molecule has 1 aromatic carbocycles. The number of nitrogens with one attached hydrogen (secondary N) is 2. The Morgan fingerprint density at radius 3 is 2.56 bits per heavy atom. The molecule has 1 aromatic heterocycles. The first-order chi connectivity index (χ1) is 16.5. The van der Waals surface area contributed by atoms with Crippen LogP contribution in [0.25, 0.3) is 0 Å². The van der Waals surface area contributed by atoms with E-state index >= 15 is 0 Å².